The Morgan fingerprint density at radius 1 is 0.339 bits per heavy atom. The molecule has 0 heterocycles. The SMILES string of the molecule is CC/C=C\C/C=C\C/C=C\C/C=C\C/C=C\C/C=C\C/C=C\CCCC(=O)OCC(COC(=O)CCCCCCC)OC(=O)CCCCCCC/C=C\C/C=C\CCCCCC. The summed E-state index contributed by atoms with van der Waals surface area (Å²) in [5.41, 5.74) is 0. The van der Waals surface area contributed by atoms with Crippen molar-refractivity contribution in [1.82, 2.24) is 0 Å². The summed E-state index contributed by atoms with van der Waals surface area (Å²) in [5.74, 6) is -1.00. The third kappa shape index (κ3) is 47.1. The van der Waals surface area contributed by atoms with Crippen LogP contribution >= 0.6 is 0 Å². The number of esters is 3. The van der Waals surface area contributed by atoms with E-state index < -0.39 is 6.10 Å². The fourth-order valence-electron chi connectivity index (χ4n) is 6.28. The molecule has 0 amide bonds. The molecule has 0 rings (SSSR count). The van der Waals surface area contributed by atoms with E-state index in [-0.39, 0.29) is 37.5 Å². The van der Waals surface area contributed by atoms with Gasteiger partial charge in [-0.1, -0.05) is 194 Å². The minimum atomic E-state index is -0.806. The van der Waals surface area contributed by atoms with Crippen molar-refractivity contribution in [2.45, 2.75) is 213 Å². The number of ether oxygens (including phenoxy) is 3. The molecule has 0 fully saturated rings. The van der Waals surface area contributed by atoms with E-state index in [4.69, 9.17) is 14.2 Å². The fraction of sp³-hybridized carbons (Fsp3) is 0.625. The van der Waals surface area contributed by atoms with Crippen molar-refractivity contribution in [3.05, 3.63) is 109 Å². The van der Waals surface area contributed by atoms with E-state index in [1.54, 1.807) is 0 Å². The lowest BCUT2D eigenvalue weighted by Gasteiger charge is -2.18. The quantitative estimate of drug-likeness (QED) is 0.0263. The van der Waals surface area contributed by atoms with E-state index in [1.807, 2.05) is 0 Å². The zero-order valence-corrected chi connectivity index (χ0v) is 39.8. The first-order valence-corrected chi connectivity index (χ1v) is 24.9. The number of hydrogen-bond donors (Lipinski definition) is 0. The molecule has 0 spiro atoms. The molecule has 1 atom stereocenters. The maximum absolute atomic E-state index is 12.7. The third-order valence-corrected chi connectivity index (χ3v) is 10.0. The molecule has 62 heavy (non-hydrogen) atoms. The van der Waals surface area contributed by atoms with Crippen molar-refractivity contribution < 1.29 is 28.6 Å². The molecule has 0 saturated heterocycles. The van der Waals surface area contributed by atoms with Gasteiger partial charge >= 0.3 is 17.9 Å². The molecule has 0 aromatic heterocycles. The molecule has 0 aliphatic heterocycles. The molecular formula is C56H90O6. The maximum Gasteiger partial charge on any atom is 0.306 e. The van der Waals surface area contributed by atoms with Crippen LogP contribution in [0.1, 0.15) is 207 Å². The molecule has 0 saturated carbocycles. The summed E-state index contributed by atoms with van der Waals surface area (Å²) in [6.45, 7) is 6.34. The number of carbonyl (C=O) groups is 3. The lowest BCUT2D eigenvalue weighted by atomic mass is 10.1. The van der Waals surface area contributed by atoms with Crippen molar-refractivity contribution >= 4 is 17.9 Å². The van der Waals surface area contributed by atoms with Gasteiger partial charge in [-0.2, -0.15) is 0 Å². The average molecular weight is 859 g/mol. The Bertz CT molecular complexity index is 1310. The molecule has 0 bridgehead atoms. The largest absolute Gasteiger partial charge is 0.462 e. The molecule has 6 nitrogen and oxygen atoms in total. The first kappa shape index (κ1) is 58.1. The molecular weight excluding hydrogens is 769 g/mol. The van der Waals surface area contributed by atoms with E-state index in [2.05, 4.69) is 130 Å². The topological polar surface area (TPSA) is 78.9 Å². The monoisotopic (exact) mass is 859 g/mol. The van der Waals surface area contributed by atoms with Crippen LogP contribution in [-0.2, 0) is 28.6 Å². The van der Waals surface area contributed by atoms with Crippen LogP contribution in [0.5, 0.6) is 0 Å². The minimum absolute atomic E-state index is 0.105. The van der Waals surface area contributed by atoms with Gasteiger partial charge in [0.1, 0.15) is 13.2 Å². The van der Waals surface area contributed by atoms with E-state index in [0.29, 0.717) is 19.3 Å². The van der Waals surface area contributed by atoms with Crippen molar-refractivity contribution in [2.75, 3.05) is 13.2 Å². The predicted molar refractivity (Wildman–Crippen MR) is 265 cm³/mol. The van der Waals surface area contributed by atoms with E-state index >= 15 is 0 Å². The predicted octanol–water partition coefficient (Wildman–Crippen LogP) is 16.4. The molecule has 0 N–H and O–H groups in total. The van der Waals surface area contributed by atoms with Gasteiger partial charge in [-0.25, -0.2) is 0 Å². The van der Waals surface area contributed by atoms with Crippen molar-refractivity contribution in [2.24, 2.45) is 0 Å². The van der Waals surface area contributed by atoms with Gasteiger partial charge in [0.25, 0.3) is 0 Å². The van der Waals surface area contributed by atoms with Gasteiger partial charge < -0.3 is 14.2 Å². The summed E-state index contributed by atoms with van der Waals surface area (Å²) in [4.78, 5) is 37.6. The zero-order chi connectivity index (χ0) is 45.1. The van der Waals surface area contributed by atoms with Gasteiger partial charge in [-0.3, -0.25) is 14.4 Å². The standard InChI is InChI=1S/C56H90O6/c1-4-7-10-13-15-17-19-21-23-25-26-27-28-29-30-31-33-34-36-38-40-43-46-49-55(58)61-52-53(51-60-54(57)48-45-42-12-9-6-3)62-56(59)50-47-44-41-39-37-35-32-24-22-20-18-16-14-11-8-5-2/h7,10,15,17-18,20-21,23-24,26-27,29-30,32-34,38,40,53H,4-6,8-9,11-14,16,19,22,25,28,31,35-37,39,41-52H2,1-3H3/b10-7-,17-15-,20-18-,23-21-,27-26-,30-29-,32-24-,34-33-,40-38-. The summed E-state index contributed by atoms with van der Waals surface area (Å²) in [5, 5.41) is 0. The molecule has 350 valence electrons. The number of allylic oxidation sites excluding steroid dienone is 18. The van der Waals surface area contributed by atoms with Gasteiger partial charge in [-0.15, -0.1) is 0 Å². The first-order valence-electron chi connectivity index (χ1n) is 24.9. The van der Waals surface area contributed by atoms with Crippen LogP contribution in [0.4, 0.5) is 0 Å². The molecule has 0 aromatic carbocycles. The molecule has 0 aromatic rings. The van der Waals surface area contributed by atoms with Crippen molar-refractivity contribution in [1.29, 1.82) is 0 Å². The lowest BCUT2D eigenvalue weighted by Crippen LogP contribution is -2.30. The van der Waals surface area contributed by atoms with Crippen LogP contribution in [0.15, 0.2) is 109 Å². The average Bonchev–Trinajstić information content (AvgIpc) is 3.27. The fourth-order valence-corrected chi connectivity index (χ4v) is 6.28. The molecule has 1 unspecified atom stereocenters. The van der Waals surface area contributed by atoms with Crippen molar-refractivity contribution in [3.8, 4) is 0 Å². The highest BCUT2D eigenvalue weighted by Gasteiger charge is 2.19. The first-order chi connectivity index (χ1) is 30.5. The number of unbranched alkanes of at least 4 members (excludes halogenated alkanes) is 14. The second-order valence-corrected chi connectivity index (χ2v) is 16.0. The summed E-state index contributed by atoms with van der Waals surface area (Å²) in [6, 6.07) is 0. The summed E-state index contributed by atoms with van der Waals surface area (Å²) >= 11 is 0. The van der Waals surface area contributed by atoms with E-state index in [9.17, 15) is 14.4 Å². The molecule has 6 heteroatoms. The Hall–Kier alpha value is -3.93. The Kier molecular flexibility index (Phi) is 46.6. The highest BCUT2D eigenvalue weighted by atomic mass is 16.6. The smallest absolute Gasteiger partial charge is 0.306 e. The highest BCUT2D eigenvalue weighted by molar-refractivity contribution is 5.71. The third-order valence-electron chi connectivity index (χ3n) is 10.0. The van der Waals surface area contributed by atoms with Gasteiger partial charge in [0.05, 0.1) is 0 Å². The van der Waals surface area contributed by atoms with Gasteiger partial charge in [-0.05, 0) is 103 Å². The van der Waals surface area contributed by atoms with Gasteiger partial charge in [0.2, 0.25) is 0 Å². The minimum Gasteiger partial charge on any atom is -0.462 e. The second-order valence-electron chi connectivity index (χ2n) is 16.0. The Morgan fingerprint density at radius 3 is 1.06 bits per heavy atom. The van der Waals surface area contributed by atoms with E-state index in [1.165, 1.54) is 32.1 Å². The Labute approximate surface area is 380 Å². The van der Waals surface area contributed by atoms with Crippen LogP contribution in [0.25, 0.3) is 0 Å². The van der Waals surface area contributed by atoms with Crippen LogP contribution in [-0.4, -0.2) is 37.2 Å². The van der Waals surface area contributed by atoms with Crippen LogP contribution < -0.4 is 0 Å². The van der Waals surface area contributed by atoms with Crippen LogP contribution in [0.2, 0.25) is 0 Å². The number of hydrogen-bond acceptors (Lipinski definition) is 6. The molecule has 0 aliphatic rings. The summed E-state index contributed by atoms with van der Waals surface area (Å²) < 4.78 is 16.6. The number of rotatable bonds is 43. The number of carbonyl (C=O) groups excluding carboxylic acids is 3. The molecule has 0 aliphatic carbocycles. The zero-order valence-electron chi connectivity index (χ0n) is 39.8. The lowest BCUT2D eigenvalue weighted by molar-refractivity contribution is -0.167. The van der Waals surface area contributed by atoms with Crippen LogP contribution in [0.3, 0.4) is 0 Å². The summed E-state index contributed by atoms with van der Waals surface area (Å²) in [6.07, 6.45) is 66.8. The second kappa shape index (κ2) is 49.7. The normalized spacial score (nSPS) is 13.0. The Morgan fingerprint density at radius 2 is 0.645 bits per heavy atom. The van der Waals surface area contributed by atoms with Crippen molar-refractivity contribution in [3.63, 3.8) is 0 Å². The highest BCUT2D eigenvalue weighted by Crippen LogP contribution is 2.12. The van der Waals surface area contributed by atoms with E-state index in [0.717, 1.165) is 128 Å². The summed E-state index contributed by atoms with van der Waals surface area (Å²) in [7, 11) is 0. The molecule has 0 radical (unpaired) electrons. The van der Waals surface area contributed by atoms with Gasteiger partial charge in [0, 0.05) is 19.3 Å². The van der Waals surface area contributed by atoms with Gasteiger partial charge in [0.15, 0.2) is 6.10 Å². The maximum atomic E-state index is 12.7. The van der Waals surface area contributed by atoms with Crippen LogP contribution in [0, 0.1) is 0 Å². The Balaban J connectivity index is 4.33.